The molecule has 0 saturated heterocycles. The third-order valence-corrected chi connectivity index (χ3v) is 4.64. The summed E-state index contributed by atoms with van der Waals surface area (Å²) < 4.78 is 0. The zero-order valence-corrected chi connectivity index (χ0v) is 14.5. The van der Waals surface area contributed by atoms with Crippen molar-refractivity contribution in [2.45, 2.75) is 32.6 Å². The fourth-order valence-electron chi connectivity index (χ4n) is 2.31. The van der Waals surface area contributed by atoms with Gasteiger partial charge in [0.1, 0.15) is 0 Å². The Morgan fingerprint density at radius 2 is 1.64 bits per heavy atom. The number of hydrogen-bond donors (Lipinski definition) is 0. The van der Waals surface area contributed by atoms with Crippen molar-refractivity contribution in [1.82, 2.24) is 0 Å². The summed E-state index contributed by atoms with van der Waals surface area (Å²) in [7, 11) is 0. The molecule has 0 aromatic heterocycles. The van der Waals surface area contributed by atoms with Crippen LogP contribution in [0.2, 0.25) is 0 Å². The molecule has 0 bridgehead atoms. The average molecular weight is 310 g/mol. The number of rotatable bonds is 5. The lowest BCUT2D eigenvalue weighted by Gasteiger charge is -2.06. The Morgan fingerprint density at radius 3 is 2.27 bits per heavy atom. The molecule has 22 heavy (non-hydrogen) atoms. The predicted octanol–water partition coefficient (Wildman–Crippen LogP) is 5.62. The summed E-state index contributed by atoms with van der Waals surface area (Å²) in [6.45, 7) is 8.40. The molecule has 0 unspecified atom stereocenters. The number of thioether (sulfide) groups is 1. The highest BCUT2D eigenvalue weighted by Crippen LogP contribution is 2.19. The zero-order chi connectivity index (χ0) is 16.1. The van der Waals surface area contributed by atoms with Gasteiger partial charge in [0.05, 0.1) is 0 Å². The van der Waals surface area contributed by atoms with Crippen molar-refractivity contribution in [2.75, 3.05) is 5.75 Å². The van der Waals surface area contributed by atoms with Crippen LogP contribution >= 0.6 is 11.8 Å². The molecule has 0 aliphatic carbocycles. The van der Waals surface area contributed by atoms with Crippen molar-refractivity contribution in [3.05, 3.63) is 70.3 Å². The van der Waals surface area contributed by atoms with Gasteiger partial charge in [0.2, 0.25) is 0 Å². The van der Waals surface area contributed by atoms with Crippen LogP contribution in [0.3, 0.4) is 0 Å². The monoisotopic (exact) mass is 310 g/mol. The molecular formula is C20H22OS. The van der Waals surface area contributed by atoms with Crippen LogP contribution in [0.25, 0.3) is 6.08 Å². The van der Waals surface area contributed by atoms with Crippen LogP contribution in [-0.4, -0.2) is 11.5 Å². The Labute approximate surface area is 137 Å². The first-order chi connectivity index (χ1) is 10.5. The summed E-state index contributed by atoms with van der Waals surface area (Å²) in [5.74, 6) is 1.09. The second-order valence-electron chi connectivity index (χ2n) is 5.45. The molecule has 0 N–H and O–H groups in total. The maximum atomic E-state index is 12.3. The van der Waals surface area contributed by atoms with E-state index in [1.54, 1.807) is 17.8 Å². The van der Waals surface area contributed by atoms with Crippen LogP contribution in [-0.2, 0) is 0 Å². The largest absolute Gasteiger partial charge is 0.289 e. The zero-order valence-electron chi connectivity index (χ0n) is 13.6. The van der Waals surface area contributed by atoms with Crippen molar-refractivity contribution in [2.24, 2.45) is 0 Å². The molecule has 2 heteroatoms. The molecular weight excluding hydrogens is 288 g/mol. The third-order valence-electron chi connectivity index (χ3n) is 3.75. The molecule has 0 radical (unpaired) electrons. The van der Waals surface area contributed by atoms with E-state index in [9.17, 15) is 4.79 Å². The van der Waals surface area contributed by atoms with Gasteiger partial charge in [-0.2, -0.15) is 0 Å². The van der Waals surface area contributed by atoms with Crippen LogP contribution in [0, 0.1) is 20.8 Å². The van der Waals surface area contributed by atoms with Crippen molar-refractivity contribution in [3.63, 3.8) is 0 Å². The summed E-state index contributed by atoms with van der Waals surface area (Å²) in [6.07, 6.45) is 3.58. The van der Waals surface area contributed by atoms with E-state index >= 15 is 0 Å². The van der Waals surface area contributed by atoms with E-state index in [0.29, 0.717) is 0 Å². The maximum absolute atomic E-state index is 12.3. The lowest BCUT2D eigenvalue weighted by Crippen LogP contribution is -1.94. The van der Waals surface area contributed by atoms with E-state index in [2.05, 4.69) is 39.8 Å². The van der Waals surface area contributed by atoms with E-state index in [1.807, 2.05) is 30.3 Å². The SMILES string of the molecule is CCSc1ccc(C(=O)/C=C/c2cc(C)c(C)cc2C)cc1. The van der Waals surface area contributed by atoms with Crippen LogP contribution in [0.1, 0.15) is 39.5 Å². The summed E-state index contributed by atoms with van der Waals surface area (Å²) in [6, 6.07) is 12.1. The Morgan fingerprint density at radius 1 is 1.00 bits per heavy atom. The second-order valence-corrected chi connectivity index (χ2v) is 6.79. The topological polar surface area (TPSA) is 17.1 Å². The Bertz CT molecular complexity index is 696. The number of aryl methyl sites for hydroxylation is 3. The molecule has 2 rings (SSSR count). The number of ketones is 1. The van der Waals surface area contributed by atoms with Crippen molar-refractivity contribution in [1.29, 1.82) is 0 Å². The number of carbonyl (C=O) groups excluding carboxylic acids is 1. The molecule has 2 aromatic carbocycles. The number of carbonyl (C=O) groups is 1. The highest BCUT2D eigenvalue weighted by molar-refractivity contribution is 7.99. The Kier molecular flexibility index (Phi) is 5.62. The minimum absolute atomic E-state index is 0.0469. The van der Waals surface area contributed by atoms with E-state index in [1.165, 1.54) is 21.6 Å². The normalized spacial score (nSPS) is 11.1. The molecule has 0 fully saturated rings. The van der Waals surface area contributed by atoms with Crippen LogP contribution in [0.4, 0.5) is 0 Å². The molecule has 2 aromatic rings. The minimum Gasteiger partial charge on any atom is -0.289 e. The van der Waals surface area contributed by atoms with Gasteiger partial charge in [-0.3, -0.25) is 4.79 Å². The van der Waals surface area contributed by atoms with Crippen molar-refractivity contribution >= 4 is 23.6 Å². The summed E-state index contributed by atoms with van der Waals surface area (Å²) in [4.78, 5) is 13.5. The second kappa shape index (κ2) is 7.46. The van der Waals surface area contributed by atoms with Gasteiger partial charge in [-0.1, -0.05) is 25.1 Å². The fourth-order valence-corrected chi connectivity index (χ4v) is 2.97. The number of allylic oxidation sites excluding steroid dienone is 1. The first kappa shape index (κ1) is 16.6. The minimum atomic E-state index is 0.0469. The van der Waals surface area contributed by atoms with Crippen LogP contribution < -0.4 is 0 Å². The van der Waals surface area contributed by atoms with Crippen LogP contribution in [0.15, 0.2) is 47.4 Å². The van der Waals surface area contributed by atoms with Gasteiger partial charge >= 0.3 is 0 Å². The van der Waals surface area contributed by atoms with Gasteiger partial charge in [0.25, 0.3) is 0 Å². The fraction of sp³-hybridized carbons (Fsp3) is 0.250. The van der Waals surface area contributed by atoms with Gasteiger partial charge in [0.15, 0.2) is 5.78 Å². The average Bonchev–Trinajstić information content (AvgIpc) is 2.50. The van der Waals surface area contributed by atoms with Gasteiger partial charge in [-0.05, 0) is 79.1 Å². The van der Waals surface area contributed by atoms with E-state index in [-0.39, 0.29) is 5.78 Å². The summed E-state index contributed by atoms with van der Waals surface area (Å²) >= 11 is 1.78. The highest BCUT2D eigenvalue weighted by atomic mass is 32.2. The quantitative estimate of drug-likeness (QED) is 0.405. The molecule has 114 valence electrons. The lowest BCUT2D eigenvalue weighted by atomic mass is 10.00. The lowest BCUT2D eigenvalue weighted by molar-refractivity contribution is 0.104. The maximum Gasteiger partial charge on any atom is 0.185 e. The van der Waals surface area contributed by atoms with E-state index in [0.717, 1.165) is 16.9 Å². The predicted molar refractivity (Wildman–Crippen MR) is 96.9 cm³/mol. The standard InChI is InChI=1S/C20H22OS/c1-5-22-19-9-6-17(7-10-19)20(21)11-8-18-13-15(3)14(2)12-16(18)4/h6-13H,5H2,1-4H3/b11-8+. The first-order valence-electron chi connectivity index (χ1n) is 7.54. The van der Waals surface area contributed by atoms with Crippen molar-refractivity contribution in [3.8, 4) is 0 Å². The molecule has 1 nitrogen and oxygen atoms in total. The Hall–Kier alpha value is -1.80. The number of benzene rings is 2. The summed E-state index contributed by atoms with van der Waals surface area (Å²) in [5.41, 5.74) is 5.57. The third kappa shape index (κ3) is 4.11. The van der Waals surface area contributed by atoms with E-state index < -0.39 is 0 Å². The highest BCUT2D eigenvalue weighted by Gasteiger charge is 2.03. The van der Waals surface area contributed by atoms with Gasteiger partial charge < -0.3 is 0 Å². The van der Waals surface area contributed by atoms with Crippen LogP contribution in [0.5, 0.6) is 0 Å². The van der Waals surface area contributed by atoms with Gasteiger partial charge in [-0.25, -0.2) is 0 Å². The smallest absolute Gasteiger partial charge is 0.185 e. The molecule has 0 heterocycles. The first-order valence-corrected chi connectivity index (χ1v) is 8.53. The van der Waals surface area contributed by atoms with E-state index in [4.69, 9.17) is 0 Å². The Balaban J connectivity index is 2.16. The molecule has 0 atom stereocenters. The molecule has 0 aliphatic heterocycles. The number of hydrogen-bond acceptors (Lipinski definition) is 2. The molecule has 0 amide bonds. The molecule has 0 spiro atoms. The van der Waals surface area contributed by atoms with Gasteiger partial charge in [0, 0.05) is 10.5 Å². The summed E-state index contributed by atoms with van der Waals surface area (Å²) in [5, 5.41) is 0. The van der Waals surface area contributed by atoms with Gasteiger partial charge in [-0.15, -0.1) is 11.8 Å². The molecule has 0 aliphatic rings. The van der Waals surface area contributed by atoms with Crippen molar-refractivity contribution < 1.29 is 4.79 Å². The molecule has 0 saturated carbocycles.